The lowest BCUT2D eigenvalue weighted by molar-refractivity contribution is 0.0646. The van der Waals surface area contributed by atoms with Gasteiger partial charge in [0.1, 0.15) is 0 Å². The largest absolute Gasteiger partial charge is 0.388 e. The second-order valence-corrected chi connectivity index (χ2v) is 9.86. The van der Waals surface area contributed by atoms with Gasteiger partial charge in [-0.25, -0.2) is 9.71 Å². The van der Waals surface area contributed by atoms with Crippen LogP contribution in [-0.2, 0) is 16.8 Å². The van der Waals surface area contributed by atoms with E-state index in [0.717, 1.165) is 0 Å². The summed E-state index contributed by atoms with van der Waals surface area (Å²) in [6, 6.07) is -0.379. The molecule has 3 rings (SSSR count). The van der Waals surface area contributed by atoms with Gasteiger partial charge >= 0.3 is 0 Å². The quantitative estimate of drug-likeness (QED) is 0.448. The molecule has 168 valence electrons. The summed E-state index contributed by atoms with van der Waals surface area (Å²) in [4.78, 5) is 13.6. The molecule has 0 amide bonds. The van der Waals surface area contributed by atoms with Gasteiger partial charge in [-0.05, 0) is 34.1 Å². The van der Waals surface area contributed by atoms with E-state index < -0.39 is 15.8 Å². The molecule has 0 saturated carbocycles. The van der Waals surface area contributed by atoms with Crippen LogP contribution in [0, 0.1) is 0 Å². The molecule has 2 aromatic rings. The van der Waals surface area contributed by atoms with Crippen LogP contribution in [-0.4, -0.2) is 74.7 Å². The zero-order valence-electron chi connectivity index (χ0n) is 18.2. The Hall–Kier alpha value is -2.02. The number of aliphatic hydroxyl groups is 1. The molecule has 0 aliphatic carbocycles. The summed E-state index contributed by atoms with van der Waals surface area (Å²) in [6.07, 6.45) is 2.37. The zero-order valence-corrected chi connectivity index (χ0v) is 19.0. The van der Waals surface area contributed by atoms with Crippen LogP contribution in [0.25, 0.3) is 11.2 Å². The minimum absolute atomic E-state index is 0.0946. The van der Waals surface area contributed by atoms with Crippen molar-refractivity contribution in [2.45, 2.75) is 65.3 Å². The molecule has 2 atom stereocenters. The highest BCUT2D eigenvalue weighted by atomic mass is 32.2. The molecule has 1 saturated heterocycles. The highest BCUT2D eigenvalue weighted by Gasteiger charge is 2.32. The first-order chi connectivity index (χ1) is 14.0. The molecule has 30 heavy (non-hydrogen) atoms. The SMILES string of the molecule is CCNS(=O)(=O)N1CC[C@H](Nc2nc(N[C@@H](C)C(C)(C)O)nc3c2ncn3CC)C1. The lowest BCUT2D eigenvalue weighted by Crippen LogP contribution is -2.40. The highest BCUT2D eigenvalue weighted by Crippen LogP contribution is 2.25. The number of aryl methyl sites for hydroxylation is 1. The van der Waals surface area contributed by atoms with Crippen LogP contribution in [0.4, 0.5) is 11.8 Å². The van der Waals surface area contributed by atoms with E-state index in [-0.39, 0.29) is 12.1 Å². The minimum Gasteiger partial charge on any atom is -0.388 e. The van der Waals surface area contributed by atoms with E-state index in [0.29, 0.717) is 55.5 Å². The van der Waals surface area contributed by atoms with Crippen LogP contribution in [0.5, 0.6) is 0 Å². The molecular weight excluding hydrogens is 408 g/mol. The predicted octanol–water partition coefficient (Wildman–Crippen LogP) is 0.758. The number of imidazole rings is 1. The Labute approximate surface area is 177 Å². The van der Waals surface area contributed by atoms with E-state index in [2.05, 4.69) is 30.3 Å². The first kappa shape index (κ1) is 22.7. The fraction of sp³-hybridized carbons (Fsp3) is 0.722. The van der Waals surface area contributed by atoms with Crippen LogP contribution in [0.3, 0.4) is 0 Å². The molecule has 4 N–H and O–H groups in total. The summed E-state index contributed by atoms with van der Waals surface area (Å²) >= 11 is 0. The van der Waals surface area contributed by atoms with Crippen molar-refractivity contribution >= 4 is 33.1 Å². The first-order valence-corrected chi connectivity index (χ1v) is 11.7. The molecule has 0 bridgehead atoms. The standard InChI is InChI=1S/C18H32N8O3S/c1-6-20-30(28,29)26-9-8-13(10-26)22-15-14-16(25(7-2)11-19-14)24-17(23-15)21-12(3)18(4,5)27/h11-13,20,27H,6-10H2,1-5H3,(H2,21,22,23,24)/t12-,13-/m0/s1. The fourth-order valence-corrected chi connectivity index (χ4v) is 4.51. The maximum absolute atomic E-state index is 12.3. The van der Waals surface area contributed by atoms with E-state index in [1.54, 1.807) is 27.1 Å². The van der Waals surface area contributed by atoms with Crippen LogP contribution < -0.4 is 15.4 Å². The molecule has 1 aliphatic rings. The van der Waals surface area contributed by atoms with Crippen molar-refractivity contribution in [1.29, 1.82) is 0 Å². The third-order valence-corrected chi connectivity index (χ3v) is 7.03. The Balaban J connectivity index is 1.87. The Kier molecular flexibility index (Phi) is 6.51. The minimum atomic E-state index is -3.47. The van der Waals surface area contributed by atoms with Crippen molar-refractivity contribution in [1.82, 2.24) is 28.5 Å². The zero-order chi connectivity index (χ0) is 22.1. The molecule has 1 aliphatic heterocycles. The highest BCUT2D eigenvalue weighted by molar-refractivity contribution is 7.87. The van der Waals surface area contributed by atoms with Gasteiger partial charge in [0.25, 0.3) is 10.2 Å². The lowest BCUT2D eigenvalue weighted by Gasteiger charge is -2.27. The number of fused-ring (bicyclic) bond motifs is 1. The van der Waals surface area contributed by atoms with Gasteiger partial charge in [-0.2, -0.15) is 22.7 Å². The van der Waals surface area contributed by atoms with Crippen molar-refractivity contribution in [2.75, 3.05) is 30.3 Å². The van der Waals surface area contributed by atoms with Gasteiger partial charge in [-0.3, -0.25) is 0 Å². The monoisotopic (exact) mass is 440 g/mol. The van der Waals surface area contributed by atoms with Crippen molar-refractivity contribution in [2.24, 2.45) is 0 Å². The van der Waals surface area contributed by atoms with E-state index in [1.165, 1.54) is 4.31 Å². The van der Waals surface area contributed by atoms with Crippen molar-refractivity contribution in [3.63, 3.8) is 0 Å². The van der Waals surface area contributed by atoms with Gasteiger partial charge in [0.15, 0.2) is 17.0 Å². The summed E-state index contributed by atoms with van der Waals surface area (Å²) in [7, 11) is -3.47. The van der Waals surface area contributed by atoms with Gasteiger partial charge in [-0.15, -0.1) is 0 Å². The Morgan fingerprint density at radius 1 is 1.33 bits per heavy atom. The molecule has 1 fully saturated rings. The van der Waals surface area contributed by atoms with Crippen LogP contribution in [0.1, 0.15) is 41.0 Å². The Morgan fingerprint density at radius 2 is 2.07 bits per heavy atom. The number of rotatable bonds is 9. The van der Waals surface area contributed by atoms with Gasteiger partial charge < -0.3 is 20.3 Å². The summed E-state index contributed by atoms with van der Waals surface area (Å²) < 4.78 is 30.4. The molecular formula is C18H32N8O3S. The Bertz CT molecular complexity index is 985. The van der Waals surface area contributed by atoms with E-state index in [1.807, 2.05) is 18.4 Å². The number of nitrogens with zero attached hydrogens (tertiary/aromatic N) is 5. The van der Waals surface area contributed by atoms with E-state index in [9.17, 15) is 13.5 Å². The maximum atomic E-state index is 12.3. The molecule has 0 aromatic carbocycles. The van der Waals surface area contributed by atoms with Gasteiger partial charge in [0, 0.05) is 32.2 Å². The summed E-state index contributed by atoms with van der Waals surface area (Å²) in [5.74, 6) is 0.926. The normalized spacial score (nSPS) is 19.3. The summed E-state index contributed by atoms with van der Waals surface area (Å²) in [5.41, 5.74) is 0.352. The molecule has 12 heteroatoms. The van der Waals surface area contributed by atoms with Crippen LogP contribution in [0.15, 0.2) is 6.33 Å². The molecule has 0 radical (unpaired) electrons. The molecule has 2 aromatic heterocycles. The maximum Gasteiger partial charge on any atom is 0.279 e. The number of hydrogen-bond acceptors (Lipinski definition) is 8. The van der Waals surface area contributed by atoms with Crippen molar-refractivity contribution in [3.8, 4) is 0 Å². The number of anilines is 2. The summed E-state index contributed by atoms with van der Waals surface area (Å²) in [6.45, 7) is 10.9. The average Bonchev–Trinajstić information content (AvgIpc) is 3.28. The van der Waals surface area contributed by atoms with E-state index in [4.69, 9.17) is 0 Å². The smallest absolute Gasteiger partial charge is 0.279 e. The van der Waals surface area contributed by atoms with E-state index >= 15 is 0 Å². The Morgan fingerprint density at radius 3 is 2.70 bits per heavy atom. The average molecular weight is 441 g/mol. The topological polar surface area (TPSA) is 137 Å². The fourth-order valence-electron chi connectivity index (χ4n) is 3.24. The second-order valence-electron chi connectivity index (χ2n) is 8.11. The first-order valence-electron chi connectivity index (χ1n) is 10.3. The van der Waals surface area contributed by atoms with Crippen LogP contribution >= 0.6 is 0 Å². The second kappa shape index (κ2) is 8.61. The lowest BCUT2D eigenvalue weighted by atomic mass is 10.0. The summed E-state index contributed by atoms with van der Waals surface area (Å²) in [5, 5.41) is 16.8. The predicted molar refractivity (Wildman–Crippen MR) is 117 cm³/mol. The third kappa shape index (κ3) is 4.82. The van der Waals surface area contributed by atoms with Gasteiger partial charge in [-0.1, -0.05) is 6.92 Å². The van der Waals surface area contributed by atoms with Crippen LogP contribution in [0.2, 0.25) is 0 Å². The number of hydrogen-bond donors (Lipinski definition) is 4. The van der Waals surface area contributed by atoms with Crippen molar-refractivity contribution < 1.29 is 13.5 Å². The third-order valence-electron chi connectivity index (χ3n) is 5.37. The number of nitrogens with one attached hydrogen (secondary N) is 3. The molecule has 11 nitrogen and oxygen atoms in total. The van der Waals surface area contributed by atoms with Crippen molar-refractivity contribution in [3.05, 3.63) is 6.33 Å². The molecule has 0 spiro atoms. The van der Waals surface area contributed by atoms with Gasteiger partial charge in [0.05, 0.1) is 18.0 Å². The molecule has 0 unspecified atom stereocenters. The van der Waals surface area contributed by atoms with Gasteiger partial charge in [0.2, 0.25) is 5.95 Å². The number of aromatic nitrogens is 4. The molecule has 3 heterocycles.